The molecule has 0 radical (unpaired) electrons. The average molecular weight is 289 g/mol. The van der Waals surface area contributed by atoms with Gasteiger partial charge < -0.3 is 10.2 Å². The van der Waals surface area contributed by atoms with Gasteiger partial charge in [-0.1, -0.05) is 0 Å². The highest BCUT2D eigenvalue weighted by atomic mass is 32.1. The number of rotatable bonds is 3. The van der Waals surface area contributed by atoms with Gasteiger partial charge in [0.25, 0.3) is 0 Å². The Balaban J connectivity index is 1.69. The van der Waals surface area contributed by atoms with Crippen molar-refractivity contribution in [1.82, 2.24) is 4.98 Å². The highest BCUT2D eigenvalue weighted by Crippen LogP contribution is 2.29. The van der Waals surface area contributed by atoms with E-state index in [0.717, 1.165) is 18.0 Å². The van der Waals surface area contributed by atoms with Gasteiger partial charge in [0.1, 0.15) is 11.5 Å². The fourth-order valence-corrected chi connectivity index (χ4v) is 3.20. The molecule has 104 valence electrons. The first kappa shape index (κ1) is 12.9. The van der Waals surface area contributed by atoms with Gasteiger partial charge in [-0.05, 0) is 37.8 Å². The van der Waals surface area contributed by atoms with Crippen LogP contribution in [-0.4, -0.2) is 21.4 Å². The van der Waals surface area contributed by atoms with Gasteiger partial charge >= 0.3 is 0 Å². The van der Waals surface area contributed by atoms with E-state index >= 15 is 0 Å². The van der Waals surface area contributed by atoms with Crippen molar-refractivity contribution in [1.29, 1.82) is 0 Å². The molecule has 0 bridgehead atoms. The van der Waals surface area contributed by atoms with Crippen LogP contribution in [0.15, 0.2) is 23.3 Å². The predicted molar refractivity (Wildman–Crippen MR) is 79.7 cm³/mol. The van der Waals surface area contributed by atoms with Crippen LogP contribution < -0.4 is 5.43 Å². The number of nitrogens with one attached hydrogen (secondary N) is 1. The van der Waals surface area contributed by atoms with Crippen LogP contribution in [0.4, 0.5) is 5.13 Å². The lowest BCUT2D eigenvalue weighted by Gasteiger charge is -2.06. The zero-order chi connectivity index (χ0) is 13.9. The first-order valence-corrected chi connectivity index (χ1v) is 7.33. The third kappa shape index (κ3) is 2.75. The number of aromatic nitrogens is 1. The minimum Gasteiger partial charge on any atom is -0.508 e. The molecule has 0 amide bonds. The van der Waals surface area contributed by atoms with Crippen LogP contribution in [0.25, 0.3) is 0 Å². The monoisotopic (exact) mass is 289 g/mol. The molecule has 3 rings (SSSR count). The number of hydrogen-bond donors (Lipinski definition) is 3. The molecule has 2 aromatic rings. The first-order valence-electron chi connectivity index (χ1n) is 6.52. The summed E-state index contributed by atoms with van der Waals surface area (Å²) in [5.41, 5.74) is 4.62. The van der Waals surface area contributed by atoms with Crippen molar-refractivity contribution in [2.24, 2.45) is 5.10 Å². The quantitative estimate of drug-likeness (QED) is 0.600. The Morgan fingerprint density at radius 2 is 2.10 bits per heavy atom. The van der Waals surface area contributed by atoms with Crippen LogP contribution in [0, 0.1) is 0 Å². The number of phenolic OH excluding ortho intramolecular Hbond substituents is 2. The summed E-state index contributed by atoms with van der Waals surface area (Å²) in [6.45, 7) is 0. The Morgan fingerprint density at radius 3 is 2.90 bits per heavy atom. The molecule has 0 saturated carbocycles. The summed E-state index contributed by atoms with van der Waals surface area (Å²) in [5, 5.41) is 23.7. The Labute approximate surface area is 120 Å². The second-order valence-corrected chi connectivity index (χ2v) is 5.79. The normalized spacial score (nSPS) is 14.4. The van der Waals surface area contributed by atoms with Crippen molar-refractivity contribution in [3.63, 3.8) is 0 Å². The lowest BCUT2D eigenvalue weighted by atomic mass is 10.0. The highest BCUT2D eigenvalue weighted by molar-refractivity contribution is 7.15. The highest BCUT2D eigenvalue weighted by Gasteiger charge is 2.14. The van der Waals surface area contributed by atoms with Crippen LogP contribution in [0.2, 0.25) is 0 Å². The number of thiazole rings is 1. The molecule has 0 fully saturated rings. The second kappa shape index (κ2) is 5.50. The van der Waals surface area contributed by atoms with Crippen LogP contribution in [0.1, 0.15) is 29.0 Å². The zero-order valence-electron chi connectivity index (χ0n) is 10.8. The number of aryl methyl sites for hydroxylation is 2. The summed E-state index contributed by atoms with van der Waals surface area (Å²) in [6.07, 6.45) is 6.11. The third-order valence-corrected chi connectivity index (χ3v) is 4.29. The molecule has 0 unspecified atom stereocenters. The van der Waals surface area contributed by atoms with Crippen molar-refractivity contribution in [3.05, 3.63) is 34.3 Å². The molecule has 6 heteroatoms. The summed E-state index contributed by atoms with van der Waals surface area (Å²) in [5.74, 6) is 0.0224. The molecule has 3 N–H and O–H groups in total. The lowest BCUT2D eigenvalue weighted by Crippen LogP contribution is -1.99. The second-order valence-electron chi connectivity index (χ2n) is 4.71. The summed E-state index contributed by atoms with van der Waals surface area (Å²) in [6, 6.07) is 4.38. The van der Waals surface area contributed by atoms with Gasteiger partial charge in [0.15, 0.2) is 0 Å². The fraction of sp³-hybridized carbons (Fsp3) is 0.286. The molecule has 0 spiro atoms. The van der Waals surface area contributed by atoms with Crippen LogP contribution in [-0.2, 0) is 12.8 Å². The summed E-state index contributed by atoms with van der Waals surface area (Å²) < 4.78 is 0. The van der Waals surface area contributed by atoms with Crippen LogP contribution in [0.3, 0.4) is 0 Å². The largest absolute Gasteiger partial charge is 0.508 e. The number of aromatic hydroxyl groups is 2. The molecule has 20 heavy (non-hydrogen) atoms. The van der Waals surface area contributed by atoms with E-state index in [2.05, 4.69) is 15.5 Å². The molecule has 0 aliphatic heterocycles. The summed E-state index contributed by atoms with van der Waals surface area (Å²) in [7, 11) is 0. The summed E-state index contributed by atoms with van der Waals surface area (Å²) in [4.78, 5) is 5.86. The number of fused-ring (bicyclic) bond motifs is 1. The van der Waals surface area contributed by atoms with Gasteiger partial charge in [-0.2, -0.15) is 5.10 Å². The Bertz CT molecular complexity index is 628. The van der Waals surface area contributed by atoms with Gasteiger partial charge in [-0.25, -0.2) is 4.98 Å². The molecule has 0 saturated heterocycles. The number of anilines is 1. The van der Waals surface area contributed by atoms with E-state index in [1.54, 1.807) is 17.4 Å². The number of benzene rings is 1. The van der Waals surface area contributed by atoms with Crippen LogP contribution >= 0.6 is 11.3 Å². The molecule has 1 aromatic carbocycles. The van der Waals surface area contributed by atoms with Gasteiger partial charge in [-0.15, -0.1) is 11.3 Å². The van der Waals surface area contributed by atoms with Crippen molar-refractivity contribution in [2.45, 2.75) is 25.7 Å². The molecule has 1 aromatic heterocycles. The molecular weight excluding hydrogens is 274 g/mol. The maximum atomic E-state index is 9.63. The van der Waals surface area contributed by atoms with E-state index in [-0.39, 0.29) is 11.5 Å². The van der Waals surface area contributed by atoms with E-state index in [0.29, 0.717) is 5.56 Å². The minimum atomic E-state index is -0.00557. The molecule has 0 atom stereocenters. The number of nitrogens with zero attached hydrogens (tertiary/aromatic N) is 2. The van der Waals surface area contributed by atoms with Gasteiger partial charge in [0.2, 0.25) is 5.13 Å². The van der Waals surface area contributed by atoms with E-state index in [1.807, 2.05) is 0 Å². The van der Waals surface area contributed by atoms with E-state index in [9.17, 15) is 10.2 Å². The fourth-order valence-electron chi connectivity index (χ4n) is 2.20. The molecule has 1 aliphatic rings. The van der Waals surface area contributed by atoms with Gasteiger partial charge in [-0.3, -0.25) is 5.43 Å². The SMILES string of the molecule is Oc1ccc(C=NNc2nc3c(s2)CCCC3)c(O)c1. The predicted octanol–water partition coefficient (Wildman–Crippen LogP) is 2.88. The molecule has 1 heterocycles. The van der Waals surface area contributed by atoms with Crippen molar-refractivity contribution < 1.29 is 10.2 Å². The zero-order valence-corrected chi connectivity index (χ0v) is 11.7. The standard InChI is InChI=1S/C14H15N3O2S/c18-10-6-5-9(12(19)7-10)8-15-17-14-16-11-3-1-2-4-13(11)20-14/h5-8,18-19H,1-4H2,(H,16,17). The van der Waals surface area contributed by atoms with Crippen molar-refractivity contribution in [2.75, 3.05) is 5.43 Å². The van der Waals surface area contributed by atoms with Gasteiger partial charge in [0.05, 0.1) is 11.9 Å². The summed E-state index contributed by atoms with van der Waals surface area (Å²) >= 11 is 1.64. The van der Waals surface area contributed by atoms with Crippen LogP contribution in [0.5, 0.6) is 11.5 Å². The molecular formula is C14H15N3O2S. The topological polar surface area (TPSA) is 77.7 Å². The lowest BCUT2D eigenvalue weighted by molar-refractivity contribution is 0.450. The smallest absolute Gasteiger partial charge is 0.203 e. The van der Waals surface area contributed by atoms with Gasteiger partial charge in [0, 0.05) is 16.5 Å². The Morgan fingerprint density at radius 1 is 1.25 bits per heavy atom. The maximum absolute atomic E-state index is 9.63. The Kier molecular flexibility index (Phi) is 3.56. The number of phenols is 2. The van der Waals surface area contributed by atoms with E-state index in [4.69, 9.17) is 0 Å². The Hall–Kier alpha value is -2.08. The molecule has 5 nitrogen and oxygen atoms in total. The van der Waals surface area contributed by atoms with E-state index in [1.165, 1.54) is 41.8 Å². The minimum absolute atomic E-state index is 0.00557. The average Bonchev–Trinajstić information content (AvgIpc) is 2.84. The van der Waals surface area contributed by atoms with E-state index < -0.39 is 0 Å². The first-order chi connectivity index (χ1) is 9.72. The van der Waals surface area contributed by atoms with Crippen molar-refractivity contribution >= 4 is 22.7 Å². The van der Waals surface area contributed by atoms with Crippen molar-refractivity contribution in [3.8, 4) is 11.5 Å². The molecule has 1 aliphatic carbocycles. The maximum Gasteiger partial charge on any atom is 0.203 e. The third-order valence-electron chi connectivity index (χ3n) is 3.22. The number of hydrazone groups is 1. The number of hydrogen-bond acceptors (Lipinski definition) is 6.